The van der Waals surface area contributed by atoms with Crippen molar-refractivity contribution in [1.82, 2.24) is 5.32 Å². The Labute approximate surface area is 136 Å². The van der Waals surface area contributed by atoms with E-state index in [0.717, 1.165) is 18.0 Å². The molecular formula is C18H22ClNS. The van der Waals surface area contributed by atoms with Gasteiger partial charge in [0.2, 0.25) is 0 Å². The number of rotatable bonds is 6. The lowest BCUT2D eigenvalue weighted by molar-refractivity contribution is 0.536. The fourth-order valence-electron chi connectivity index (χ4n) is 2.97. The Bertz CT molecular complexity index is 566. The molecule has 0 aliphatic heterocycles. The fourth-order valence-corrected chi connectivity index (χ4v) is 4.43. The number of hydrogen-bond donors (Lipinski definition) is 1. The van der Waals surface area contributed by atoms with E-state index in [1.807, 2.05) is 23.5 Å². The molecule has 1 aliphatic carbocycles. The van der Waals surface area contributed by atoms with E-state index in [4.69, 9.17) is 11.6 Å². The van der Waals surface area contributed by atoms with E-state index in [0.29, 0.717) is 6.04 Å². The number of fused-ring (bicyclic) bond motifs is 1. The molecule has 0 bridgehead atoms. The fraction of sp³-hybridized carbons (Fsp3) is 0.444. The first kappa shape index (κ1) is 15.1. The van der Waals surface area contributed by atoms with Gasteiger partial charge in [0.15, 0.2) is 0 Å². The molecule has 1 aliphatic rings. The zero-order chi connectivity index (χ0) is 14.7. The summed E-state index contributed by atoms with van der Waals surface area (Å²) in [6, 6.07) is 11.1. The van der Waals surface area contributed by atoms with Gasteiger partial charge in [0, 0.05) is 20.8 Å². The summed E-state index contributed by atoms with van der Waals surface area (Å²) in [5.74, 6) is 0. The topological polar surface area (TPSA) is 12.0 Å². The van der Waals surface area contributed by atoms with Gasteiger partial charge < -0.3 is 5.32 Å². The number of nitrogens with one attached hydrogen (secondary N) is 1. The summed E-state index contributed by atoms with van der Waals surface area (Å²) in [6.07, 6.45) is 6.10. The van der Waals surface area contributed by atoms with Crippen molar-refractivity contribution in [3.05, 3.63) is 56.2 Å². The first-order chi connectivity index (χ1) is 10.3. The van der Waals surface area contributed by atoms with Gasteiger partial charge in [-0.2, -0.15) is 0 Å². The Morgan fingerprint density at radius 1 is 1.24 bits per heavy atom. The summed E-state index contributed by atoms with van der Waals surface area (Å²) in [7, 11) is 0. The summed E-state index contributed by atoms with van der Waals surface area (Å²) in [5.41, 5.74) is 2.94. The third-order valence-corrected chi connectivity index (χ3v) is 5.71. The molecule has 112 valence electrons. The third-order valence-electron chi connectivity index (χ3n) is 4.10. The lowest BCUT2D eigenvalue weighted by Gasteiger charge is -2.17. The highest BCUT2D eigenvalue weighted by Gasteiger charge is 2.20. The third kappa shape index (κ3) is 3.68. The molecule has 1 heterocycles. The highest BCUT2D eigenvalue weighted by atomic mass is 35.5. The Hall–Kier alpha value is -0.830. The maximum absolute atomic E-state index is 5.99. The van der Waals surface area contributed by atoms with Crippen molar-refractivity contribution >= 4 is 22.9 Å². The van der Waals surface area contributed by atoms with Crippen LogP contribution in [-0.2, 0) is 19.3 Å². The Morgan fingerprint density at radius 3 is 2.76 bits per heavy atom. The van der Waals surface area contributed by atoms with Crippen molar-refractivity contribution in [3.8, 4) is 0 Å². The SMILES string of the molecule is CCCNC(Cc1ccc(Cl)cc1)c1cc2c(s1)CCC2. The molecule has 21 heavy (non-hydrogen) atoms. The van der Waals surface area contributed by atoms with E-state index in [-0.39, 0.29) is 0 Å². The average molecular weight is 320 g/mol. The van der Waals surface area contributed by atoms with Crippen LogP contribution in [0.4, 0.5) is 0 Å². The van der Waals surface area contributed by atoms with Gasteiger partial charge in [-0.3, -0.25) is 0 Å². The van der Waals surface area contributed by atoms with Crippen molar-refractivity contribution in [3.63, 3.8) is 0 Å². The Kier molecular flexibility index (Phi) is 4.99. The van der Waals surface area contributed by atoms with E-state index >= 15 is 0 Å². The number of halogens is 1. The second-order valence-electron chi connectivity index (χ2n) is 5.79. The highest BCUT2D eigenvalue weighted by molar-refractivity contribution is 7.12. The summed E-state index contributed by atoms with van der Waals surface area (Å²) in [5, 5.41) is 4.53. The predicted octanol–water partition coefficient (Wildman–Crippen LogP) is 5.17. The zero-order valence-electron chi connectivity index (χ0n) is 12.5. The molecule has 1 unspecified atom stereocenters. The van der Waals surface area contributed by atoms with Gasteiger partial charge in [0.05, 0.1) is 0 Å². The Balaban J connectivity index is 1.77. The van der Waals surface area contributed by atoms with Gasteiger partial charge in [-0.1, -0.05) is 30.7 Å². The van der Waals surface area contributed by atoms with Gasteiger partial charge >= 0.3 is 0 Å². The van der Waals surface area contributed by atoms with Crippen LogP contribution < -0.4 is 5.32 Å². The standard InChI is InChI=1S/C18H22ClNS/c1-2-10-20-16(11-13-6-8-15(19)9-7-13)18-12-14-4-3-5-17(14)21-18/h6-9,12,16,20H,2-5,10-11H2,1H3. The summed E-state index contributed by atoms with van der Waals surface area (Å²) < 4.78 is 0. The van der Waals surface area contributed by atoms with Gasteiger partial charge in [0.25, 0.3) is 0 Å². The number of hydrogen-bond acceptors (Lipinski definition) is 2. The van der Waals surface area contributed by atoms with Gasteiger partial charge in [-0.15, -0.1) is 11.3 Å². The molecule has 3 heteroatoms. The normalized spacial score (nSPS) is 15.1. The van der Waals surface area contributed by atoms with Crippen molar-refractivity contribution in [2.24, 2.45) is 0 Å². The van der Waals surface area contributed by atoms with Crippen LogP contribution in [0.5, 0.6) is 0 Å². The molecule has 0 amide bonds. The number of benzene rings is 1. The lowest BCUT2D eigenvalue weighted by atomic mass is 10.0. The van der Waals surface area contributed by atoms with Crippen molar-refractivity contribution in [2.75, 3.05) is 6.54 Å². The smallest absolute Gasteiger partial charge is 0.0455 e. The van der Waals surface area contributed by atoms with Crippen LogP contribution in [0.15, 0.2) is 30.3 Å². The zero-order valence-corrected chi connectivity index (χ0v) is 14.1. The molecule has 0 fully saturated rings. The number of thiophene rings is 1. The largest absolute Gasteiger partial charge is 0.309 e. The van der Waals surface area contributed by atoms with E-state index < -0.39 is 0 Å². The summed E-state index contributed by atoms with van der Waals surface area (Å²) in [4.78, 5) is 3.12. The maximum Gasteiger partial charge on any atom is 0.0455 e. The van der Waals surface area contributed by atoms with Gasteiger partial charge in [-0.05, 0) is 68.0 Å². The second kappa shape index (κ2) is 6.95. The molecule has 1 aromatic carbocycles. The minimum atomic E-state index is 0.432. The van der Waals surface area contributed by atoms with E-state index in [2.05, 4.69) is 30.4 Å². The van der Waals surface area contributed by atoms with Crippen LogP contribution in [0, 0.1) is 0 Å². The first-order valence-electron chi connectivity index (χ1n) is 7.85. The maximum atomic E-state index is 5.99. The molecule has 1 nitrogen and oxygen atoms in total. The summed E-state index contributed by atoms with van der Waals surface area (Å²) >= 11 is 8.00. The molecule has 1 atom stereocenters. The van der Waals surface area contributed by atoms with Gasteiger partial charge in [-0.25, -0.2) is 0 Å². The molecule has 0 saturated heterocycles. The molecule has 0 saturated carbocycles. The first-order valence-corrected chi connectivity index (χ1v) is 9.05. The average Bonchev–Trinajstić information content (AvgIpc) is 3.06. The quantitative estimate of drug-likeness (QED) is 0.774. The molecule has 1 N–H and O–H groups in total. The summed E-state index contributed by atoms with van der Waals surface area (Å²) in [6.45, 7) is 3.29. The van der Waals surface area contributed by atoms with Crippen molar-refractivity contribution in [2.45, 2.75) is 45.1 Å². The lowest BCUT2D eigenvalue weighted by Crippen LogP contribution is -2.23. The Morgan fingerprint density at radius 2 is 2.05 bits per heavy atom. The molecule has 1 aromatic heterocycles. The van der Waals surface area contributed by atoms with Crippen LogP contribution in [0.2, 0.25) is 5.02 Å². The molecule has 3 rings (SSSR count). The second-order valence-corrected chi connectivity index (χ2v) is 7.39. The predicted molar refractivity (Wildman–Crippen MR) is 92.5 cm³/mol. The van der Waals surface area contributed by atoms with Crippen LogP contribution in [-0.4, -0.2) is 6.54 Å². The van der Waals surface area contributed by atoms with Crippen LogP contribution in [0.25, 0.3) is 0 Å². The molecular weight excluding hydrogens is 298 g/mol. The minimum Gasteiger partial charge on any atom is -0.309 e. The van der Waals surface area contributed by atoms with Crippen molar-refractivity contribution in [1.29, 1.82) is 0 Å². The molecule has 0 spiro atoms. The molecule has 2 aromatic rings. The van der Waals surface area contributed by atoms with Crippen molar-refractivity contribution < 1.29 is 0 Å². The van der Waals surface area contributed by atoms with E-state index in [9.17, 15) is 0 Å². The number of aryl methyl sites for hydroxylation is 2. The van der Waals surface area contributed by atoms with Crippen LogP contribution in [0.3, 0.4) is 0 Å². The highest BCUT2D eigenvalue weighted by Crippen LogP contribution is 2.35. The van der Waals surface area contributed by atoms with E-state index in [1.54, 1.807) is 10.4 Å². The van der Waals surface area contributed by atoms with E-state index in [1.165, 1.54) is 36.1 Å². The monoisotopic (exact) mass is 319 g/mol. The van der Waals surface area contributed by atoms with Crippen LogP contribution in [0.1, 0.15) is 46.7 Å². The van der Waals surface area contributed by atoms with Gasteiger partial charge in [0.1, 0.15) is 0 Å². The molecule has 0 radical (unpaired) electrons. The minimum absolute atomic E-state index is 0.432. The van der Waals surface area contributed by atoms with Crippen LogP contribution >= 0.6 is 22.9 Å².